The van der Waals surface area contributed by atoms with Crippen molar-refractivity contribution in [2.24, 2.45) is 0 Å². The number of hydrogen-bond donors (Lipinski definition) is 0. The van der Waals surface area contributed by atoms with Crippen LogP contribution in [0, 0.1) is 0 Å². The quantitative estimate of drug-likeness (QED) is 0.324. The van der Waals surface area contributed by atoms with Crippen molar-refractivity contribution < 1.29 is 0 Å². The molecule has 0 radical (unpaired) electrons. The van der Waals surface area contributed by atoms with E-state index >= 15 is 0 Å². The Hall–Kier alpha value is -2.86. The molecular weight excluding hydrogens is 288 g/mol. The maximum Gasteiger partial charge on any atom is -0.000728 e. The van der Waals surface area contributed by atoms with Gasteiger partial charge in [-0.25, -0.2) is 0 Å². The van der Waals surface area contributed by atoms with E-state index in [-0.39, 0.29) is 0 Å². The van der Waals surface area contributed by atoms with Gasteiger partial charge in [-0.3, -0.25) is 0 Å². The Morgan fingerprint density at radius 2 is 0.875 bits per heavy atom. The lowest BCUT2D eigenvalue weighted by Gasteiger charge is -2.10. The molecule has 0 saturated heterocycles. The number of rotatable bonds is 0. The van der Waals surface area contributed by atoms with E-state index in [9.17, 15) is 0 Å². The first kappa shape index (κ1) is 12.5. The van der Waals surface area contributed by atoms with Gasteiger partial charge in [0.15, 0.2) is 0 Å². The number of fused-ring (bicyclic) bond motifs is 9. The van der Waals surface area contributed by atoms with Gasteiger partial charge in [-0.05, 0) is 68.1 Å². The van der Waals surface area contributed by atoms with Crippen LogP contribution in [0.2, 0.25) is 0 Å². The fourth-order valence-electron chi connectivity index (χ4n) is 4.67. The highest BCUT2D eigenvalue weighted by Gasteiger charge is 2.24. The molecule has 0 nitrogen and oxygen atoms in total. The molecule has 2 aliphatic carbocycles. The van der Waals surface area contributed by atoms with Crippen molar-refractivity contribution in [2.45, 2.75) is 12.8 Å². The van der Waals surface area contributed by atoms with E-state index in [1.165, 1.54) is 55.3 Å². The molecule has 24 heavy (non-hydrogen) atoms. The van der Waals surface area contributed by atoms with Crippen LogP contribution in [0.15, 0.2) is 72.8 Å². The van der Waals surface area contributed by atoms with Crippen LogP contribution in [0.3, 0.4) is 0 Å². The maximum absolute atomic E-state index is 2.35. The van der Waals surface area contributed by atoms with Gasteiger partial charge in [-0.2, -0.15) is 0 Å². The van der Waals surface area contributed by atoms with Gasteiger partial charge in [-0.15, -0.1) is 0 Å². The summed E-state index contributed by atoms with van der Waals surface area (Å²) in [6.45, 7) is 0. The zero-order valence-electron chi connectivity index (χ0n) is 13.3. The molecule has 0 atom stereocenters. The molecule has 0 spiro atoms. The van der Waals surface area contributed by atoms with Crippen molar-refractivity contribution in [3.63, 3.8) is 0 Å². The summed E-state index contributed by atoms with van der Waals surface area (Å²) in [5.41, 5.74) is 11.6. The summed E-state index contributed by atoms with van der Waals surface area (Å²) in [4.78, 5) is 0. The molecule has 4 aromatic carbocycles. The molecule has 0 aromatic heterocycles. The van der Waals surface area contributed by atoms with Crippen molar-refractivity contribution >= 4 is 10.8 Å². The van der Waals surface area contributed by atoms with E-state index in [2.05, 4.69) is 72.8 Å². The SMILES string of the molecule is c1ccc2c(c1)Cc1c-2ccc2c3c(ccc12)-c1ccccc1C3. The minimum absolute atomic E-state index is 1.06. The normalized spacial score (nSPS) is 13.5. The van der Waals surface area contributed by atoms with E-state index in [4.69, 9.17) is 0 Å². The van der Waals surface area contributed by atoms with Crippen molar-refractivity contribution in [1.29, 1.82) is 0 Å². The Kier molecular flexibility index (Phi) is 2.28. The van der Waals surface area contributed by atoms with E-state index in [1.54, 1.807) is 0 Å². The molecule has 0 amide bonds. The van der Waals surface area contributed by atoms with Gasteiger partial charge in [0.05, 0.1) is 0 Å². The van der Waals surface area contributed by atoms with Gasteiger partial charge in [-0.1, -0.05) is 72.8 Å². The Balaban J connectivity index is 1.65. The predicted molar refractivity (Wildman–Crippen MR) is 100 cm³/mol. The Morgan fingerprint density at radius 1 is 0.417 bits per heavy atom. The molecule has 0 bridgehead atoms. The molecule has 0 unspecified atom stereocenters. The fourth-order valence-corrected chi connectivity index (χ4v) is 4.67. The van der Waals surface area contributed by atoms with Gasteiger partial charge in [0.1, 0.15) is 0 Å². The summed E-state index contributed by atoms with van der Waals surface area (Å²) < 4.78 is 0. The van der Waals surface area contributed by atoms with Crippen LogP contribution in [0.1, 0.15) is 22.3 Å². The molecule has 0 heteroatoms. The summed E-state index contributed by atoms with van der Waals surface area (Å²) in [5, 5.41) is 2.88. The second-order valence-electron chi connectivity index (χ2n) is 6.95. The fraction of sp³-hybridized carbons (Fsp3) is 0.0833. The van der Waals surface area contributed by atoms with E-state index in [0.717, 1.165) is 12.8 Å². The summed E-state index contributed by atoms with van der Waals surface area (Å²) in [5.74, 6) is 0. The second-order valence-corrected chi connectivity index (χ2v) is 6.95. The molecule has 0 aliphatic heterocycles. The Labute approximate surface area is 141 Å². The highest BCUT2D eigenvalue weighted by atomic mass is 14.3. The first-order chi connectivity index (χ1) is 11.9. The maximum atomic E-state index is 2.35. The smallest absolute Gasteiger partial charge is 0.000728 e. The molecule has 0 N–H and O–H groups in total. The summed E-state index contributed by atoms with van der Waals surface area (Å²) in [6.07, 6.45) is 2.13. The van der Waals surface area contributed by atoms with Crippen molar-refractivity contribution in [3.8, 4) is 22.3 Å². The molecule has 2 aliphatic rings. The van der Waals surface area contributed by atoms with Gasteiger partial charge >= 0.3 is 0 Å². The van der Waals surface area contributed by atoms with Gasteiger partial charge < -0.3 is 0 Å². The van der Waals surface area contributed by atoms with Crippen molar-refractivity contribution in [2.75, 3.05) is 0 Å². The van der Waals surface area contributed by atoms with E-state index < -0.39 is 0 Å². The summed E-state index contributed by atoms with van der Waals surface area (Å²) in [7, 11) is 0. The first-order valence-corrected chi connectivity index (χ1v) is 8.64. The lowest BCUT2D eigenvalue weighted by molar-refractivity contribution is 1.27. The third-order valence-corrected chi connectivity index (χ3v) is 5.77. The van der Waals surface area contributed by atoms with Gasteiger partial charge in [0.2, 0.25) is 0 Å². The van der Waals surface area contributed by atoms with Gasteiger partial charge in [0.25, 0.3) is 0 Å². The zero-order chi connectivity index (χ0) is 15.7. The molecule has 0 saturated carbocycles. The molecular formula is C24H16. The largest absolute Gasteiger partial charge is 0.0619 e. The molecule has 4 aromatic rings. The second kappa shape index (κ2) is 4.36. The topological polar surface area (TPSA) is 0 Å². The van der Waals surface area contributed by atoms with E-state index in [0.29, 0.717) is 0 Å². The average molecular weight is 304 g/mol. The predicted octanol–water partition coefficient (Wildman–Crippen LogP) is 5.98. The Morgan fingerprint density at radius 3 is 1.38 bits per heavy atom. The Bertz CT molecular complexity index is 1060. The molecule has 0 heterocycles. The van der Waals surface area contributed by atoms with Crippen LogP contribution in [-0.4, -0.2) is 0 Å². The third kappa shape index (κ3) is 1.48. The minimum Gasteiger partial charge on any atom is -0.0619 e. The standard InChI is InChI=1S/C24H16/c1-3-7-17-15(5-1)13-23-19(17)9-11-22-21(23)12-10-20-18-8-4-2-6-16(18)14-24(20)22/h1-12H,13-14H2. The monoisotopic (exact) mass is 304 g/mol. The van der Waals surface area contributed by atoms with Crippen LogP contribution >= 0.6 is 0 Å². The lowest BCUT2D eigenvalue weighted by Crippen LogP contribution is -1.89. The minimum atomic E-state index is 1.06. The molecule has 0 fully saturated rings. The number of hydrogen-bond acceptors (Lipinski definition) is 0. The van der Waals surface area contributed by atoms with Crippen LogP contribution < -0.4 is 0 Å². The van der Waals surface area contributed by atoms with Crippen LogP contribution in [0.25, 0.3) is 33.0 Å². The number of benzene rings is 4. The van der Waals surface area contributed by atoms with Crippen LogP contribution in [-0.2, 0) is 12.8 Å². The van der Waals surface area contributed by atoms with Crippen LogP contribution in [0.5, 0.6) is 0 Å². The molecule has 6 rings (SSSR count). The van der Waals surface area contributed by atoms with Gasteiger partial charge in [0, 0.05) is 0 Å². The molecule has 112 valence electrons. The summed E-state index contributed by atoms with van der Waals surface area (Å²) >= 11 is 0. The average Bonchev–Trinajstić information content (AvgIpc) is 3.20. The lowest BCUT2D eigenvalue weighted by atomic mass is 9.93. The van der Waals surface area contributed by atoms with Crippen LogP contribution in [0.4, 0.5) is 0 Å². The highest BCUT2D eigenvalue weighted by Crippen LogP contribution is 2.45. The highest BCUT2D eigenvalue weighted by molar-refractivity contribution is 6.01. The van der Waals surface area contributed by atoms with Crippen molar-refractivity contribution in [1.82, 2.24) is 0 Å². The summed E-state index contributed by atoms with van der Waals surface area (Å²) in [6, 6.07) is 27.0. The van der Waals surface area contributed by atoms with E-state index in [1.807, 2.05) is 0 Å². The first-order valence-electron chi connectivity index (χ1n) is 8.64. The third-order valence-electron chi connectivity index (χ3n) is 5.77. The zero-order valence-corrected chi connectivity index (χ0v) is 13.3. The van der Waals surface area contributed by atoms with Crippen molar-refractivity contribution in [3.05, 3.63) is 95.1 Å².